The number of amides is 1. The van der Waals surface area contributed by atoms with Gasteiger partial charge in [-0.05, 0) is 32.9 Å². The molecule has 0 aliphatic rings. The highest BCUT2D eigenvalue weighted by Gasteiger charge is 2.15. The Morgan fingerprint density at radius 1 is 1.33 bits per heavy atom. The third-order valence-corrected chi connectivity index (χ3v) is 2.42. The Kier molecular flexibility index (Phi) is 5.85. The zero-order valence-corrected chi connectivity index (χ0v) is 12.8. The summed E-state index contributed by atoms with van der Waals surface area (Å²) in [6.07, 6.45) is -0.445. The Labute approximate surface area is 125 Å². The van der Waals surface area contributed by atoms with Gasteiger partial charge in [-0.1, -0.05) is 6.07 Å². The monoisotopic (exact) mass is 291 g/mol. The molecule has 1 aromatic carbocycles. The summed E-state index contributed by atoms with van der Waals surface area (Å²) in [4.78, 5) is 14.8. The predicted molar refractivity (Wildman–Crippen MR) is 82.0 cm³/mol. The summed E-state index contributed by atoms with van der Waals surface area (Å²) in [6.45, 7) is 13.3. The van der Waals surface area contributed by atoms with Crippen LogP contribution in [0.1, 0.15) is 20.8 Å². The maximum Gasteiger partial charge on any atom is 0.407 e. The number of anilines is 1. The topological polar surface area (TPSA) is 64.0 Å². The number of hydrogen-bond acceptors (Lipinski definition) is 4. The molecule has 21 heavy (non-hydrogen) atoms. The van der Waals surface area contributed by atoms with Crippen LogP contribution in [-0.2, 0) is 4.74 Å². The van der Waals surface area contributed by atoms with Gasteiger partial charge in [0.05, 0.1) is 19.4 Å². The molecule has 0 atom stereocenters. The van der Waals surface area contributed by atoms with E-state index in [-0.39, 0.29) is 0 Å². The number of alkyl carbamates (subject to hydrolysis) is 1. The van der Waals surface area contributed by atoms with Crippen molar-refractivity contribution in [2.75, 3.05) is 25.5 Å². The average Bonchev–Trinajstić information content (AvgIpc) is 2.41. The maximum atomic E-state index is 11.5. The largest absolute Gasteiger partial charge is 0.496 e. The summed E-state index contributed by atoms with van der Waals surface area (Å²) < 4.78 is 10.3. The fraction of sp³-hybridized carbons (Fsp3) is 0.467. The molecule has 2 N–H and O–H groups in total. The third-order valence-electron chi connectivity index (χ3n) is 2.42. The van der Waals surface area contributed by atoms with Crippen LogP contribution in [0.2, 0.25) is 0 Å². The van der Waals surface area contributed by atoms with E-state index in [0.29, 0.717) is 24.5 Å². The van der Waals surface area contributed by atoms with Crippen LogP contribution in [-0.4, -0.2) is 31.9 Å². The van der Waals surface area contributed by atoms with Crippen molar-refractivity contribution < 1.29 is 14.3 Å². The van der Waals surface area contributed by atoms with Crippen molar-refractivity contribution in [3.8, 4) is 5.75 Å². The van der Waals surface area contributed by atoms with Gasteiger partial charge in [-0.2, -0.15) is 0 Å². The van der Waals surface area contributed by atoms with E-state index in [9.17, 15) is 4.79 Å². The molecule has 0 aliphatic heterocycles. The Morgan fingerprint density at radius 3 is 2.62 bits per heavy atom. The minimum Gasteiger partial charge on any atom is -0.496 e. The van der Waals surface area contributed by atoms with E-state index >= 15 is 0 Å². The lowest BCUT2D eigenvalue weighted by Gasteiger charge is -2.19. The van der Waals surface area contributed by atoms with E-state index in [1.165, 1.54) is 0 Å². The van der Waals surface area contributed by atoms with Crippen molar-refractivity contribution in [3.63, 3.8) is 0 Å². The van der Waals surface area contributed by atoms with Crippen molar-refractivity contribution in [3.05, 3.63) is 29.6 Å². The molecule has 0 saturated heterocycles. The molecular weight excluding hydrogens is 270 g/mol. The van der Waals surface area contributed by atoms with Gasteiger partial charge < -0.3 is 20.1 Å². The second-order valence-electron chi connectivity index (χ2n) is 5.35. The Morgan fingerprint density at radius 2 is 2.05 bits per heavy atom. The van der Waals surface area contributed by atoms with Crippen LogP contribution in [0, 0.1) is 6.57 Å². The number of nitrogens with one attached hydrogen (secondary N) is 2. The molecule has 0 fully saturated rings. The first-order chi connectivity index (χ1) is 9.85. The zero-order chi connectivity index (χ0) is 15.9. The predicted octanol–water partition coefficient (Wildman–Crippen LogP) is 3.18. The summed E-state index contributed by atoms with van der Waals surface area (Å²) >= 11 is 0. The summed E-state index contributed by atoms with van der Waals surface area (Å²) in [7, 11) is 1.55. The van der Waals surface area contributed by atoms with Gasteiger partial charge in [0, 0.05) is 13.1 Å². The first-order valence-electron chi connectivity index (χ1n) is 6.62. The number of carbonyl (C=O) groups is 1. The fourth-order valence-corrected chi connectivity index (χ4v) is 1.57. The molecule has 6 heteroatoms. The molecule has 0 heterocycles. The van der Waals surface area contributed by atoms with Gasteiger partial charge >= 0.3 is 6.09 Å². The van der Waals surface area contributed by atoms with Crippen LogP contribution >= 0.6 is 0 Å². The number of ether oxygens (including phenoxy) is 2. The molecule has 0 spiro atoms. The number of methoxy groups -OCH3 is 1. The number of carbonyl (C=O) groups excluding carboxylic acids is 1. The van der Waals surface area contributed by atoms with Crippen molar-refractivity contribution in [1.29, 1.82) is 0 Å². The van der Waals surface area contributed by atoms with Crippen molar-refractivity contribution in [2.45, 2.75) is 26.4 Å². The molecule has 0 aliphatic carbocycles. The summed E-state index contributed by atoms with van der Waals surface area (Å²) in [5.74, 6) is 0.598. The quantitative estimate of drug-likeness (QED) is 0.646. The van der Waals surface area contributed by atoms with E-state index in [4.69, 9.17) is 16.0 Å². The van der Waals surface area contributed by atoms with Crippen LogP contribution < -0.4 is 15.4 Å². The zero-order valence-electron chi connectivity index (χ0n) is 12.8. The molecule has 0 bridgehead atoms. The molecule has 114 valence electrons. The first-order valence-corrected chi connectivity index (χ1v) is 6.62. The molecule has 0 unspecified atom stereocenters. The highest BCUT2D eigenvalue weighted by Crippen LogP contribution is 2.28. The van der Waals surface area contributed by atoms with Crippen molar-refractivity contribution in [1.82, 2.24) is 5.32 Å². The van der Waals surface area contributed by atoms with Crippen LogP contribution in [0.15, 0.2) is 18.2 Å². The van der Waals surface area contributed by atoms with Gasteiger partial charge in [0.1, 0.15) is 11.4 Å². The van der Waals surface area contributed by atoms with Gasteiger partial charge in [-0.25, -0.2) is 9.64 Å². The molecule has 1 amide bonds. The normalized spacial score (nSPS) is 10.4. The molecule has 0 aromatic heterocycles. The molecule has 1 aromatic rings. The van der Waals surface area contributed by atoms with E-state index in [0.717, 1.165) is 5.69 Å². The van der Waals surface area contributed by atoms with Gasteiger partial charge in [0.2, 0.25) is 0 Å². The Bertz CT molecular complexity index is 530. The van der Waals surface area contributed by atoms with Gasteiger partial charge in [-0.15, -0.1) is 0 Å². The number of benzene rings is 1. The fourth-order valence-electron chi connectivity index (χ4n) is 1.57. The molecule has 1 rings (SSSR count). The number of rotatable bonds is 5. The maximum absolute atomic E-state index is 11.5. The molecule has 0 radical (unpaired) electrons. The SMILES string of the molecule is [C-]#[N+]c1ccc(NCCNC(=O)OC(C)(C)C)c(OC)c1. The second kappa shape index (κ2) is 7.39. The van der Waals surface area contributed by atoms with Crippen LogP contribution in [0.3, 0.4) is 0 Å². The molecule has 0 saturated carbocycles. The first kappa shape index (κ1) is 16.6. The summed E-state index contributed by atoms with van der Waals surface area (Å²) in [5, 5.41) is 5.79. The summed E-state index contributed by atoms with van der Waals surface area (Å²) in [6, 6.07) is 5.15. The second-order valence-corrected chi connectivity index (χ2v) is 5.35. The summed E-state index contributed by atoms with van der Waals surface area (Å²) in [5.41, 5.74) is 0.788. The highest BCUT2D eigenvalue weighted by atomic mass is 16.6. The minimum atomic E-state index is -0.504. The Balaban J connectivity index is 2.43. The smallest absolute Gasteiger partial charge is 0.407 e. The Hall–Kier alpha value is -2.42. The van der Waals surface area contributed by atoms with Crippen LogP contribution in [0.4, 0.5) is 16.2 Å². The molecular formula is C15H21N3O3. The average molecular weight is 291 g/mol. The van der Waals surface area contributed by atoms with Crippen LogP contribution in [0.25, 0.3) is 4.85 Å². The number of nitrogens with zero attached hydrogens (tertiary/aromatic N) is 1. The van der Waals surface area contributed by atoms with Crippen LogP contribution in [0.5, 0.6) is 5.75 Å². The van der Waals surface area contributed by atoms with E-state index in [1.54, 1.807) is 25.3 Å². The van der Waals surface area contributed by atoms with Gasteiger partial charge in [0.15, 0.2) is 5.69 Å². The standard InChI is InChI=1S/C15H21N3O3/c1-15(2,3)21-14(19)18-9-8-17-12-7-6-11(16-4)10-13(12)20-5/h6-7,10,17H,8-9H2,1-3,5H3,(H,18,19). The lowest BCUT2D eigenvalue weighted by molar-refractivity contribution is 0.0530. The van der Waals surface area contributed by atoms with Crippen molar-refractivity contribution >= 4 is 17.5 Å². The van der Waals surface area contributed by atoms with Crippen molar-refractivity contribution in [2.24, 2.45) is 0 Å². The van der Waals surface area contributed by atoms with Gasteiger partial charge in [-0.3, -0.25) is 0 Å². The molecule has 6 nitrogen and oxygen atoms in total. The van der Waals surface area contributed by atoms with E-state index in [1.807, 2.05) is 20.8 Å². The van der Waals surface area contributed by atoms with E-state index < -0.39 is 11.7 Å². The third kappa shape index (κ3) is 6.04. The lowest BCUT2D eigenvalue weighted by atomic mass is 10.2. The lowest BCUT2D eigenvalue weighted by Crippen LogP contribution is -2.35. The van der Waals surface area contributed by atoms with E-state index in [2.05, 4.69) is 15.5 Å². The highest BCUT2D eigenvalue weighted by molar-refractivity contribution is 5.68. The van der Waals surface area contributed by atoms with Gasteiger partial charge in [0.25, 0.3) is 0 Å². The minimum absolute atomic E-state index is 0.419. The number of hydrogen-bond donors (Lipinski definition) is 2.